The van der Waals surface area contributed by atoms with E-state index in [1.54, 1.807) is 6.92 Å². The smallest absolute Gasteiger partial charge is 0.243 e. The maximum Gasteiger partial charge on any atom is 0.243 e. The van der Waals surface area contributed by atoms with E-state index in [2.05, 4.69) is 0 Å². The maximum absolute atomic E-state index is 13.3. The highest BCUT2D eigenvalue weighted by molar-refractivity contribution is 7.89. The van der Waals surface area contributed by atoms with Crippen molar-refractivity contribution in [2.75, 3.05) is 20.2 Å². The molecule has 0 aromatic heterocycles. The van der Waals surface area contributed by atoms with E-state index < -0.39 is 15.8 Å². The van der Waals surface area contributed by atoms with Crippen molar-refractivity contribution in [3.63, 3.8) is 0 Å². The molecule has 1 atom stereocenters. The van der Waals surface area contributed by atoms with Crippen molar-refractivity contribution in [3.05, 3.63) is 29.6 Å². The Kier molecular flexibility index (Phi) is 5.35. The Labute approximate surface area is 126 Å². The van der Waals surface area contributed by atoms with Crippen molar-refractivity contribution < 1.29 is 17.5 Å². The zero-order valence-corrected chi connectivity index (χ0v) is 13.3. The number of hydrogen-bond acceptors (Lipinski definition) is 3. The van der Waals surface area contributed by atoms with Crippen LogP contribution in [0, 0.1) is 12.7 Å². The molecule has 0 amide bonds. The highest BCUT2D eigenvalue weighted by Crippen LogP contribution is 2.22. The number of halogens is 1. The van der Waals surface area contributed by atoms with Crippen LogP contribution in [0.25, 0.3) is 0 Å². The molecule has 0 spiro atoms. The lowest BCUT2D eigenvalue weighted by molar-refractivity contribution is 0.00950. The summed E-state index contributed by atoms with van der Waals surface area (Å²) >= 11 is 0. The maximum atomic E-state index is 13.3. The minimum Gasteiger partial charge on any atom is -0.378 e. The largest absolute Gasteiger partial charge is 0.378 e. The third-order valence-corrected chi connectivity index (χ3v) is 5.88. The van der Waals surface area contributed by atoms with Gasteiger partial charge in [-0.25, -0.2) is 17.1 Å². The van der Waals surface area contributed by atoms with Crippen LogP contribution in [0.5, 0.6) is 0 Å². The topological polar surface area (TPSA) is 46.6 Å². The molecule has 0 bridgehead atoms. The van der Waals surface area contributed by atoms with Gasteiger partial charge in [-0.1, -0.05) is 6.07 Å². The van der Waals surface area contributed by atoms with Gasteiger partial charge in [0, 0.05) is 20.2 Å². The summed E-state index contributed by atoms with van der Waals surface area (Å²) in [6.45, 7) is 2.80. The Hall–Kier alpha value is -0.980. The lowest BCUT2D eigenvalue weighted by Gasteiger charge is -2.25. The molecule has 118 valence electrons. The molecule has 1 saturated heterocycles. The van der Waals surface area contributed by atoms with Crippen LogP contribution in [-0.4, -0.2) is 39.0 Å². The molecule has 0 saturated carbocycles. The first-order valence-corrected chi connectivity index (χ1v) is 8.69. The molecule has 1 heterocycles. The Bertz CT molecular complexity index is 583. The van der Waals surface area contributed by atoms with Gasteiger partial charge in [-0.15, -0.1) is 0 Å². The summed E-state index contributed by atoms with van der Waals surface area (Å²) in [7, 11) is -2.12. The van der Waals surface area contributed by atoms with Crippen molar-refractivity contribution >= 4 is 10.0 Å². The van der Waals surface area contributed by atoms with E-state index in [0.717, 1.165) is 31.9 Å². The van der Waals surface area contributed by atoms with Crippen molar-refractivity contribution in [2.24, 2.45) is 0 Å². The molecular weight excluding hydrogens is 293 g/mol. The van der Waals surface area contributed by atoms with Crippen LogP contribution in [0.4, 0.5) is 4.39 Å². The normalized spacial score (nSPS) is 19.9. The quantitative estimate of drug-likeness (QED) is 0.839. The van der Waals surface area contributed by atoms with Gasteiger partial charge in [0.2, 0.25) is 10.0 Å². The number of nitrogens with zero attached hydrogens (tertiary/aromatic N) is 1. The molecule has 1 aliphatic heterocycles. The average molecular weight is 315 g/mol. The molecule has 4 nitrogen and oxygen atoms in total. The number of benzene rings is 1. The van der Waals surface area contributed by atoms with E-state index in [9.17, 15) is 12.8 Å². The van der Waals surface area contributed by atoms with Crippen LogP contribution >= 0.6 is 0 Å². The Morgan fingerprint density at radius 3 is 2.81 bits per heavy atom. The molecule has 0 radical (unpaired) electrons. The second kappa shape index (κ2) is 6.85. The fourth-order valence-electron chi connectivity index (χ4n) is 2.50. The van der Waals surface area contributed by atoms with Gasteiger partial charge in [0.1, 0.15) is 5.82 Å². The minimum absolute atomic E-state index is 0.0366. The first kappa shape index (κ1) is 16.4. The fraction of sp³-hybridized carbons (Fsp3) is 0.600. The second-order valence-corrected chi connectivity index (χ2v) is 7.53. The molecule has 1 fully saturated rings. The van der Waals surface area contributed by atoms with Crippen LogP contribution in [0.2, 0.25) is 0 Å². The fourth-order valence-corrected chi connectivity index (χ4v) is 3.92. The number of aryl methyl sites for hydroxylation is 1. The van der Waals surface area contributed by atoms with Crippen LogP contribution < -0.4 is 0 Å². The summed E-state index contributed by atoms with van der Waals surface area (Å²) in [5.74, 6) is -0.539. The average Bonchev–Trinajstić information content (AvgIpc) is 2.48. The van der Waals surface area contributed by atoms with E-state index in [1.807, 2.05) is 0 Å². The molecule has 1 aromatic carbocycles. The van der Waals surface area contributed by atoms with Gasteiger partial charge in [-0.3, -0.25) is 0 Å². The van der Waals surface area contributed by atoms with Crippen LogP contribution in [0.15, 0.2) is 23.1 Å². The van der Waals surface area contributed by atoms with E-state index in [4.69, 9.17) is 4.74 Å². The summed E-state index contributed by atoms with van der Waals surface area (Å²) in [6, 6.07) is 3.84. The predicted molar refractivity (Wildman–Crippen MR) is 79.2 cm³/mol. The Morgan fingerprint density at radius 1 is 1.38 bits per heavy atom. The van der Waals surface area contributed by atoms with Crippen molar-refractivity contribution in [2.45, 2.75) is 43.6 Å². The van der Waals surface area contributed by atoms with E-state index in [-0.39, 0.29) is 11.0 Å². The minimum atomic E-state index is -3.66. The monoisotopic (exact) mass is 315 g/mol. The second-order valence-electron chi connectivity index (χ2n) is 5.51. The molecule has 1 unspecified atom stereocenters. The predicted octanol–water partition coefficient (Wildman–Crippen LogP) is 2.71. The molecular formula is C15H22FNO3S. The molecule has 0 aliphatic carbocycles. The number of rotatable bonds is 5. The van der Waals surface area contributed by atoms with Crippen LogP contribution in [0.1, 0.15) is 31.2 Å². The Balaban J connectivity index is 2.05. The molecule has 2 rings (SSSR count). The van der Waals surface area contributed by atoms with Crippen molar-refractivity contribution in [3.8, 4) is 0 Å². The number of hydrogen-bond donors (Lipinski definition) is 0. The highest BCUT2D eigenvalue weighted by atomic mass is 32.2. The molecule has 1 aromatic rings. The van der Waals surface area contributed by atoms with E-state index >= 15 is 0 Å². The van der Waals surface area contributed by atoms with Gasteiger partial charge in [0.05, 0.1) is 11.0 Å². The first-order valence-electron chi connectivity index (χ1n) is 7.25. The Morgan fingerprint density at radius 2 is 2.14 bits per heavy atom. The summed E-state index contributed by atoms with van der Waals surface area (Å²) < 4.78 is 45.2. The third-order valence-electron chi connectivity index (χ3n) is 3.88. The standard InChI is InChI=1S/C15H22FNO3S/c1-12-6-7-13(16)11-15(12)21(18,19)17(2)9-8-14-5-3-4-10-20-14/h6-7,11,14H,3-5,8-10H2,1-2H3. The van der Waals surface area contributed by atoms with Crippen molar-refractivity contribution in [1.29, 1.82) is 0 Å². The molecule has 21 heavy (non-hydrogen) atoms. The van der Waals surface area contributed by atoms with Gasteiger partial charge in [0.25, 0.3) is 0 Å². The zero-order chi connectivity index (χ0) is 15.5. The van der Waals surface area contributed by atoms with Crippen LogP contribution in [-0.2, 0) is 14.8 Å². The van der Waals surface area contributed by atoms with Gasteiger partial charge < -0.3 is 4.74 Å². The highest BCUT2D eigenvalue weighted by Gasteiger charge is 2.24. The summed E-state index contributed by atoms with van der Waals surface area (Å²) in [4.78, 5) is 0.0366. The first-order chi connectivity index (χ1) is 9.91. The van der Waals surface area contributed by atoms with E-state index in [0.29, 0.717) is 18.5 Å². The van der Waals surface area contributed by atoms with Gasteiger partial charge in [0.15, 0.2) is 0 Å². The van der Waals surface area contributed by atoms with Gasteiger partial charge in [-0.05, 0) is 50.3 Å². The van der Waals surface area contributed by atoms with Crippen LogP contribution in [0.3, 0.4) is 0 Å². The SMILES string of the molecule is Cc1ccc(F)cc1S(=O)(=O)N(C)CCC1CCCCO1. The lowest BCUT2D eigenvalue weighted by atomic mass is 10.1. The molecule has 0 N–H and O–H groups in total. The van der Waals surface area contributed by atoms with E-state index in [1.165, 1.54) is 23.5 Å². The van der Waals surface area contributed by atoms with Gasteiger partial charge in [-0.2, -0.15) is 0 Å². The third kappa shape index (κ3) is 4.02. The van der Waals surface area contributed by atoms with Crippen molar-refractivity contribution in [1.82, 2.24) is 4.31 Å². The number of sulfonamides is 1. The summed E-state index contributed by atoms with van der Waals surface area (Å²) in [6.07, 6.45) is 3.99. The van der Waals surface area contributed by atoms with Gasteiger partial charge >= 0.3 is 0 Å². The molecule has 6 heteroatoms. The molecule has 1 aliphatic rings. The summed E-state index contributed by atoms with van der Waals surface area (Å²) in [5.41, 5.74) is 0.553. The number of ether oxygens (including phenoxy) is 1. The summed E-state index contributed by atoms with van der Waals surface area (Å²) in [5, 5.41) is 0. The zero-order valence-electron chi connectivity index (χ0n) is 12.5. The lowest BCUT2D eigenvalue weighted by Crippen LogP contribution is -2.32.